The molecule has 3 heterocycles. The average molecular weight is 322 g/mol. The molecule has 2 N–H and O–H groups in total. The zero-order valence-electron chi connectivity index (χ0n) is 13.1. The van der Waals surface area contributed by atoms with Crippen LogP contribution in [0.15, 0.2) is 36.5 Å². The lowest BCUT2D eigenvalue weighted by molar-refractivity contribution is 0.0946. The minimum Gasteiger partial charge on any atom is -0.356 e. The fourth-order valence-corrected chi connectivity index (χ4v) is 2.81. The zero-order valence-corrected chi connectivity index (χ0v) is 13.1. The molecule has 0 spiro atoms. The quantitative estimate of drug-likeness (QED) is 0.762. The number of hydrogen-bond acceptors (Lipinski definition) is 3. The predicted molar refractivity (Wildman–Crippen MR) is 88.0 cm³/mol. The molecule has 5 nitrogen and oxygen atoms in total. The van der Waals surface area contributed by atoms with Crippen LogP contribution in [0.25, 0.3) is 22.8 Å². The fraction of sp³-hybridized carbons (Fsp3) is 0.167. The molecular formula is C18H15FN4O. The molecular weight excluding hydrogens is 307 g/mol. The zero-order chi connectivity index (χ0) is 16.7. The van der Waals surface area contributed by atoms with Crippen molar-refractivity contribution in [2.45, 2.75) is 13.3 Å². The Morgan fingerprint density at radius 1 is 1.21 bits per heavy atom. The van der Waals surface area contributed by atoms with Crippen molar-refractivity contribution in [2.75, 3.05) is 6.54 Å². The smallest absolute Gasteiger partial charge is 0.253 e. The number of aromatic nitrogens is 3. The molecule has 1 aliphatic heterocycles. The standard InChI is InChI=1S/C18H15FN4O/c1-10-2-3-11(8-13(10)19)17-20-6-5-15(23-17)16-9-12-14(22-16)4-7-21-18(12)24/h2-3,5-6,8-9,22H,4,7H2,1H3,(H,21,24). The minimum absolute atomic E-state index is 0.0753. The number of H-pyrrole nitrogens is 1. The van der Waals surface area contributed by atoms with E-state index in [1.807, 2.05) is 0 Å². The van der Waals surface area contributed by atoms with Crippen LogP contribution in [0, 0.1) is 12.7 Å². The van der Waals surface area contributed by atoms with E-state index >= 15 is 0 Å². The number of rotatable bonds is 2. The monoisotopic (exact) mass is 322 g/mol. The van der Waals surface area contributed by atoms with Gasteiger partial charge in [-0.25, -0.2) is 14.4 Å². The Morgan fingerprint density at radius 2 is 2.08 bits per heavy atom. The highest BCUT2D eigenvalue weighted by Gasteiger charge is 2.20. The first-order valence-electron chi connectivity index (χ1n) is 7.72. The number of fused-ring (bicyclic) bond motifs is 1. The number of benzene rings is 1. The van der Waals surface area contributed by atoms with Crippen LogP contribution in [0.5, 0.6) is 0 Å². The third kappa shape index (κ3) is 2.46. The maximum absolute atomic E-state index is 13.8. The summed E-state index contributed by atoms with van der Waals surface area (Å²) in [5.41, 5.74) is 4.19. The minimum atomic E-state index is -0.284. The summed E-state index contributed by atoms with van der Waals surface area (Å²) in [4.78, 5) is 23.9. The number of aromatic amines is 1. The Kier molecular flexibility index (Phi) is 3.37. The number of nitrogens with zero attached hydrogens (tertiary/aromatic N) is 2. The van der Waals surface area contributed by atoms with E-state index in [9.17, 15) is 9.18 Å². The normalized spacial score (nSPS) is 13.5. The van der Waals surface area contributed by atoms with Gasteiger partial charge in [0.25, 0.3) is 5.91 Å². The van der Waals surface area contributed by atoms with E-state index in [4.69, 9.17) is 0 Å². The Morgan fingerprint density at radius 3 is 2.88 bits per heavy atom. The highest BCUT2D eigenvalue weighted by molar-refractivity contribution is 5.97. The maximum atomic E-state index is 13.8. The molecule has 0 unspecified atom stereocenters. The number of carbonyl (C=O) groups is 1. The Bertz CT molecular complexity index is 948. The van der Waals surface area contributed by atoms with Crippen LogP contribution < -0.4 is 5.32 Å². The number of nitrogens with one attached hydrogen (secondary N) is 2. The molecule has 1 aliphatic rings. The van der Waals surface area contributed by atoms with Gasteiger partial charge in [-0.1, -0.05) is 12.1 Å². The fourth-order valence-electron chi connectivity index (χ4n) is 2.81. The molecule has 1 aromatic carbocycles. The van der Waals surface area contributed by atoms with Crippen LogP contribution in [-0.2, 0) is 6.42 Å². The van der Waals surface area contributed by atoms with Crippen LogP contribution in [-0.4, -0.2) is 27.4 Å². The van der Waals surface area contributed by atoms with E-state index in [1.54, 1.807) is 37.4 Å². The molecule has 6 heteroatoms. The van der Waals surface area contributed by atoms with Crippen LogP contribution >= 0.6 is 0 Å². The molecule has 2 aromatic heterocycles. The van der Waals surface area contributed by atoms with Gasteiger partial charge in [0.15, 0.2) is 5.82 Å². The third-order valence-electron chi connectivity index (χ3n) is 4.17. The number of halogens is 1. The molecule has 0 atom stereocenters. The van der Waals surface area contributed by atoms with Gasteiger partial charge in [-0.05, 0) is 30.7 Å². The topological polar surface area (TPSA) is 70.7 Å². The largest absolute Gasteiger partial charge is 0.356 e. The molecule has 3 aromatic rings. The van der Waals surface area contributed by atoms with Crippen molar-refractivity contribution in [3.63, 3.8) is 0 Å². The summed E-state index contributed by atoms with van der Waals surface area (Å²) in [6.07, 6.45) is 2.40. The van der Waals surface area contributed by atoms with E-state index in [1.165, 1.54) is 6.07 Å². The highest BCUT2D eigenvalue weighted by atomic mass is 19.1. The van der Waals surface area contributed by atoms with Gasteiger partial charge < -0.3 is 10.3 Å². The first-order chi connectivity index (χ1) is 11.6. The van der Waals surface area contributed by atoms with E-state index in [0.29, 0.717) is 34.8 Å². The molecule has 120 valence electrons. The van der Waals surface area contributed by atoms with E-state index in [-0.39, 0.29) is 11.7 Å². The van der Waals surface area contributed by atoms with Crippen molar-refractivity contribution in [2.24, 2.45) is 0 Å². The van der Waals surface area contributed by atoms with Crippen molar-refractivity contribution in [3.05, 3.63) is 59.2 Å². The van der Waals surface area contributed by atoms with Gasteiger partial charge in [-0.15, -0.1) is 0 Å². The van der Waals surface area contributed by atoms with E-state index in [0.717, 1.165) is 17.8 Å². The molecule has 1 amide bonds. The summed E-state index contributed by atoms with van der Waals surface area (Å²) in [5.74, 6) is 0.0885. The average Bonchev–Trinajstić information content (AvgIpc) is 3.03. The van der Waals surface area contributed by atoms with Crippen LogP contribution in [0.2, 0.25) is 0 Å². The van der Waals surface area contributed by atoms with Gasteiger partial charge in [0.2, 0.25) is 0 Å². The number of hydrogen-bond donors (Lipinski definition) is 2. The SMILES string of the molecule is Cc1ccc(-c2nccc(-c3cc4c([nH]3)CCNC4=O)n2)cc1F. The molecule has 24 heavy (non-hydrogen) atoms. The van der Waals surface area contributed by atoms with Gasteiger partial charge in [-0.2, -0.15) is 0 Å². The molecule has 0 bridgehead atoms. The lowest BCUT2D eigenvalue weighted by Crippen LogP contribution is -2.31. The van der Waals surface area contributed by atoms with E-state index < -0.39 is 0 Å². The van der Waals surface area contributed by atoms with Crippen molar-refractivity contribution in [1.29, 1.82) is 0 Å². The first-order valence-corrected chi connectivity index (χ1v) is 7.72. The lowest BCUT2D eigenvalue weighted by atomic mass is 10.1. The second kappa shape index (κ2) is 5.56. The van der Waals surface area contributed by atoms with Crippen molar-refractivity contribution >= 4 is 5.91 Å². The summed E-state index contributed by atoms with van der Waals surface area (Å²) < 4.78 is 13.8. The number of aryl methyl sites for hydroxylation is 1. The third-order valence-corrected chi connectivity index (χ3v) is 4.17. The predicted octanol–water partition coefficient (Wildman–Crippen LogP) is 2.87. The van der Waals surface area contributed by atoms with Crippen LogP contribution in [0.3, 0.4) is 0 Å². The second-order valence-corrected chi connectivity index (χ2v) is 5.81. The van der Waals surface area contributed by atoms with Crippen LogP contribution in [0.1, 0.15) is 21.6 Å². The Hall–Kier alpha value is -3.02. The van der Waals surface area contributed by atoms with E-state index in [2.05, 4.69) is 20.3 Å². The van der Waals surface area contributed by atoms with Gasteiger partial charge in [-0.3, -0.25) is 4.79 Å². The summed E-state index contributed by atoms with van der Waals surface area (Å²) >= 11 is 0. The maximum Gasteiger partial charge on any atom is 0.253 e. The number of carbonyl (C=O) groups excluding carboxylic acids is 1. The number of amides is 1. The van der Waals surface area contributed by atoms with Gasteiger partial charge in [0, 0.05) is 30.4 Å². The van der Waals surface area contributed by atoms with Crippen molar-refractivity contribution < 1.29 is 9.18 Å². The second-order valence-electron chi connectivity index (χ2n) is 5.81. The van der Waals surface area contributed by atoms with Gasteiger partial charge >= 0.3 is 0 Å². The summed E-state index contributed by atoms with van der Waals surface area (Å²) in [6.45, 7) is 2.34. The molecule has 0 saturated heterocycles. The molecule has 0 fully saturated rings. The summed E-state index contributed by atoms with van der Waals surface area (Å²) in [6, 6.07) is 8.50. The highest BCUT2D eigenvalue weighted by Crippen LogP contribution is 2.25. The first kappa shape index (κ1) is 14.6. The Balaban J connectivity index is 1.75. The molecule has 0 radical (unpaired) electrons. The van der Waals surface area contributed by atoms with Gasteiger partial charge in [0.05, 0.1) is 17.0 Å². The van der Waals surface area contributed by atoms with Crippen molar-refractivity contribution in [3.8, 4) is 22.8 Å². The molecule has 4 rings (SSSR count). The summed E-state index contributed by atoms with van der Waals surface area (Å²) in [7, 11) is 0. The molecule has 0 aliphatic carbocycles. The lowest BCUT2D eigenvalue weighted by Gasteiger charge is -2.10. The Labute approximate surface area is 138 Å². The van der Waals surface area contributed by atoms with Crippen molar-refractivity contribution in [1.82, 2.24) is 20.3 Å². The molecule has 0 saturated carbocycles. The summed E-state index contributed by atoms with van der Waals surface area (Å²) in [5, 5.41) is 2.82. The van der Waals surface area contributed by atoms with Gasteiger partial charge in [0.1, 0.15) is 5.82 Å². The van der Waals surface area contributed by atoms with Crippen LogP contribution in [0.4, 0.5) is 4.39 Å².